The minimum absolute atomic E-state index is 0.000259. The molecule has 0 aromatic heterocycles. The Hall–Kier alpha value is -0.943. The third-order valence-corrected chi connectivity index (χ3v) is 9.80. The molecule has 0 bridgehead atoms. The van der Waals surface area contributed by atoms with Gasteiger partial charge in [0.05, 0.1) is 12.0 Å². The van der Waals surface area contributed by atoms with Gasteiger partial charge in [0, 0.05) is 12.3 Å². The molecule has 138 valence electrons. The maximum Gasteiger partial charge on any atom is 0.311 e. The highest BCUT2D eigenvalue weighted by molar-refractivity contribution is 6.74. The zero-order valence-corrected chi connectivity index (χ0v) is 17.7. The van der Waals surface area contributed by atoms with Crippen LogP contribution >= 0.6 is 0 Å². The van der Waals surface area contributed by atoms with Gasteiger partial charge >= 0.3 is 5.97 Å². The monoisotopic (exact) mass is 354 g/mol. The van der Waals surface area contributed by atoms with Gasteiger partial charge in [-0.15, -0.1) is 0 Å². The molecule has 1 rings (SSSR count). The maximum absolute atomic E-state index is 12.3. The lowest BCUT2D eigenvalue weighted by Gasteiger charge is -2.46. The van der Waals surface area contributed by atoms with Crippen LogP contribution < -0.4 is 0 Å². The number of esters is 1. The molecule has 5 heteroatoms. The molecule has 1 heterocycles. The Bertz CT molecular complexity index is 512. The summed E-state index contributed by atoms with van der Waals surface area (Å²) in [7, 11) is -2.01. The van der Waals surface area contributed by atoms with Crippen molar-refractivity contribution in [3.8, 4) is 0 Å². The molecule has 0 radical (unpaired) electrons. The number of carbonyl (C=O) groups is 2. The molecule has 0 aromatic rings. The molecular formula is C19H34O4Si. The molecule has 1 saturated heterocycles. The molecule has 0 unspecified atom stereocenters. The highest BCUT2D eigenvalue weighted by atomic mass is 28.4. The summed E-state index contributed by atoms with van der Waals surface area (Å²) >= 11 is 0. The largest absolute Gasteiger partial charge is 0.461 e. The molecule has 1 aliphatic heterocycles. The summed E-state index contributed by atoms with van der Waals surface area (Å²) in [6.45, 7) is 18.6. The molecule has 0 spiro atoms. The van der Waals surface area contributed by atoms with Crippen LogP contribution in [-0.4, -0.2) is 32.3 Å². The quantitative estimate of drug-likeness (QED) is 0.414. The second kappa shape index (κ2) is 7.52. The van der Waals surface area contributed by atoms with Gasteiger partial charge in [-0.25, -0.2) is 0 Å². The van der Waals surface area contributed by atoms with E-state index in [-0.39, 0.29) is 41.2 Å². The van der Waals surface area contributed by atoms with Gasteiger partial charge in [-0.05, 0) is 45.0 Å². The Labute approximate surface area is 148 Å². The normalized spacial score (nSPS) is 28.3. The van der Waals surface area contributed by atoms with Crippen molar-refractivity contribution in [2.75, 3.05) is 0 Å². The number of hydrogen-bond donors (Lipinski definition) is 0. The van der Waals surface area contributed by atoms with Crippen LogP contribution in [-0.2, 0) is 18.8 Å². The average molecular weight is 355 g/mol. The van der Waals surface area contributed by atoms with E-state index in [1.165, 1.54) is 0 Å². The first-order chi connectivity index (χ1) is 10.8. The molecule has 0 aromatic carbocycles. The predicted octanol–water partition coefficient (Wildman–Crippen LogP) is 4.50. The SMILES string of the molecule is CC(C)=CC(=O)C[C@@H]1OC(=O)[C@H](C)[C@H](O[Si](C)(C)C(C)(C)C)[C@H]1C. The Morgan fingerprint density at radius 2 is 1.79 bits per heavy atom. The first-order valence-electron chi connectivity index (χ1n) is 8.82. The molecular weight excluding hydrogens is 320 g/mol. The zero-order chi connectivity index (χ0) is 18.9. The summed E-state index contributed by atoms with van der Waals surface area (Å²) in [6.07, 6.45) is 1.23. The van der Waals surface area contributed by atoms with Crippen LogP contribution in [0.25, 0.3) is 0 Å². The van der Waals surface area contributed by atoms with Crippen molar-refractivity contribution in [3.63, 3.8) is 0 Å². The molecule has 0 N–H and O–H groups in total. The molecule has 1 aliphatic rings. The van der Waals surface area contributed by atoms with Gasteiger partial charge < -0.3 is 9.16 Å². The lowest BCUT2D eigenvalue weighted by molar-refractivity contribution is -0.176. The fourth-order valence-corrected chi connectivity index (χ4v) is 4.15. The molecule has 0 saturated carbocycles. The van der Waals surface area contributed by atoms with E-state index >= 15 is 0 Å². The van der Waals surface area contributed by atoms with E-state index in [4.69, 9.17) is 9.16 Å². The van der Waals surface area contributed by atoms with Crippen molar-refractivity contribution in [1.29, 1.82) is 0 Å². The lowest BCUT2D eigenvalue weighted by Crippen LogP contribution is -2.54. The number of hydrogen-bond acceptors (Lipinski definition) is 4. The van der Waals surface area contributed by atoms with Crippen molar-refractivity contribution in [3.05, 3.63) is 11.6 Å². The van der Waals surface area contributed by atoms with Crippen LogP contribution in [0.15, 0.2) is 11.6 Å². The second-order valence-corrected chi connectivity index (χ2v) is 13.6. The fraction of sp³-hybridized carbons (Fsp3) is 0.789. The summed E-state index contributed by atoms with van der Waals surface area (Å²) in [5, 5.41) is 0.0706. The fourth-order valence-electron chi connectivity index (χ4n) is 2.70. The van der Waals surface area contributed by atoms with Gasteiger partial charge in [0.25, 0.3) is 0 Å². The van der Waals surface area contributed by atoms with E-state index in [1.807, 2.05) is 27.7 Å². The van der Waals surface area contributed by atoms with Gasteiger partial charge in [0.1, 0.15) is 6.10 Å². The van der Waals surface area contributed by atoms with E-state index in [0.717, 1.165) is 5.57 Å². The molecule has 4 atom stereocenters. The van der Waals surface area contributed by atoms with E-state index < -0.39 is 14.4 Å². The lowest BCUT2D eigenvalue weighted by atomic mass is 9.84. The maximum atomic E-state index is 12.3. The van der Waals surface area contributed by atoms with Crippen molar-refractivity contribution in [2.45, 2.75) is 85.2 Å². The minimum atomic E-state index is -2.01. The van der Waals surface area contributed by atoms with E-state index in [9.17, 15) is 9.59 Å². The zero-order valence-electron chi connectivity index (χ0n) is 16.7. The van der Waals surface area contributed by atoms with Crippen molar-refractivity contribution in [1.82, 2.24) is 0 Å². The Balaban J connectivity index is 2.97. The summed E-state index contributed by atoms with van der Waals surface area (Å²) in [5.74, 6) is -0.558. The first-order valence-corrected chi connectivity index (χ1v) is 11.7. The highest BCUT2D eigenvalue weighted by Crippen LogP contribution is 2.41. The van der Waals surface area contributed by atoms with Crippen molar-refractivity contribution in [2.24, 2.45) is 11.8 Å². The van der Waals surface area contributed by atoms with Crippen LogP contribution in [0.3, 0.4) is 0 Å². The molecule has 0 aliphatic carbocycles. The van der Waals surface area contributed by atoms with Crippen molar-refractivity contribution >= 4 is 20.1 Å². The van der Waals surface area contributed by atoms with E-state index in [1.54, 1.807) is 6.08 Å². The highest BCUT2D eigenvalue weighted by Gasteiger charge is 2.47. The predicted molar refractivity (Wildman–Crippen MR) is 99.3 cm³/mol. The summed E-state index contributed by atoms with van der Waals surface area (Å²) in [5.41, 5.74) is 0.956. The molecule has 0 amide bonds. The molecule has 4 nitrogen and oxygen atoms in total. The van der Waals surface area contributed by atoms with E-state index in [2.05, 4.69) is 33.9 Å². The van der Waals surface area contributed by atoms with Gasteiger partial charge in [-0.2, -0.15) is 0 Å². The number of ketones is 1. The smallest absolute Gasteiger partial charge is 0.311 e. The number of cyclic esters (lactones) is 1. The average Bonchev–Trinajstić information content (AvgIpc) is 2.38. The number of carbonyl (C=O) groups excluding carboxylic acids is 2. The standard InChI is InChI=1S/C19H34O4Si/c1-12(2)10-15(20)11-16-13(3)17(14(4)18(21)22-16)23-24(8,9)19(5,6)7/h10,13-14,16-17H,11H2,1-9H3/t13-,14+,16-,17+/m0/s1. The number of rotatable bonds is 5. The number of ether oxygens (including phenoxy) is 1. The van der Waals surface area contributed by atoms with Gasteiger partial charge in [-0.1, -0.05) is 33.3 Å². The van der Waals surface area contributed by atoms with E-state index in [0.29, 0.717) is 0 Å². The third-order valence-electron chi connectivity index (χ3n) is 5.33. The Kier molecular flexibility index (Phi) is 6.61. The van der Waals surface area contributed by atoms with Crippen LogP contribution in [0, 0.1) is 11.8 Å². The summed E-state index contributed by atoms with van der Waals surface area (Å²) < 4.78 is 12.1. The van der Waals surface area contributed by atoms with Crippen LogP contribution in [0.5, 0.6) is 0 Å². The van der Waals surface area contributed by atoms with Gasteiger partial charge in [0.15, 0.2) is 14.1 Å². The van der Waals surface area contributed by atoms with Gasteiger partial charge in [-0.3, -0.25) is 9.59 Å². The van der Waals surface area contributed by atoms with Crippen molar-refractivity contribution < 1.29 is 18.8 Å². The minimum Gasteiger partial charge on any atom is -0.461 e. The Morgan fingerprint density at radius 3 is 2.25 bits per heavy atom. The van der Waals surface area contributed by atoms with Gasteiger partial charge in [0.2, 0.25) is 0 Å². The van der Waals surface area contributed by atoms with Crippen LogP contribution in [0.1, 0.15) is 54.9 Å². The van der Waals surface area contributed by atoms with Crippen LogP contribution in [0.2, 0.25) is 18.1 Å². The van der Waals surface area contributed by atoms with Crippen LogP contribution in [0.4, 0.5) is 0 Å². The number of allylic oxidation sites excluding steroid dienone is 2. The molecule has 1 fully saturated rings. The third kappa shape index (κ3) is 5.03. The molecule has 24 heavy (non-hydrogen) atoms. The first kappa shape index (κ1) is 21.1. The topological polar surface area (TPSA) is 52.6 Å². The second-order valence-electron chi connectivity index (χ2n) is 8.86. The Morgan fingerprint density at radius 1 is 1.25 bits per heavy atom. The summed E-state index contributed by atoms with van der Waals surface area (Å²) in [6, 6.07) is 0. The summed E-state index contributed by atoms with van der Waals surface area (Å²) in [4.78, 5) is 24.4.